The van der Waals surface area contributed by atoms with Crippen LogP contribution in [0.5, 0.6) is 0 Å². The van der Waals surface area contributed by atoms with Gasteiger partial charge < -0.3 is 18.9 Å². The number of hydrogen-bond acceptors (Lipinski definition) is 6. The van der Waals surface area contributed by atoms with E-state index in [1.54, 1.807) is 13.8 Å². The molecule has 6 unspecified atom stereocenters. The van der Waals surface area contributed by atoms with Crippen LogP contribution in [-0.4, -0.2) is 42.1 Å². The van der Waals surface area contributed by atoms with Crippen molar-refractivity contribution in [3.8, 4) is 0 Å². The first-order valence-corrected chi connectivity index (χ1v) is 9.73. The fourth-order valence-corrected chi connectivity index (χ4v) is 5.55. The lowest BCUT2D eigenvalue weighted by molar-refractivity contribution is -0.242. The van der Waals surface area contributed by atoms with Crippen molar-refractivity contribution in [2.75, 3.05) is 6.61 Å². The van der Waals surface area contributed by atoms with Crippen molar-refractivity contribution in [1.29, 1.82) is 0 Å². The Morgan fingerprint density at radius 2 is 2.04 bits per heavy atom. The van der Waals surface area contributed by atoms with E-state index in [4.69, 9.17) is 18.9 Å². The summed E-state index contributed by atoms with van der Waals surface area (Å²) < 4.78 is 23.9. The monoisotopic (exact) mass is 376 g/mol. The summed E-state index contributed by atoms with van der Waals surface area (Å²) in [6.07, 6.45) is 1.92. The average Bonchev–Trinajstić information content (AvgIpc) is 3.22. The summed E-state index contributed by atoms with van der Waals surface area (Å²) in [7, 11) is 0. The minimum atomic E-state index is -1.15. The molecule has 3 fully saturated rings. The van der Waals surface area contributed by atoms with E-state index >= 15 is 0 Å². The second-order valence-corrected chi connectivity index (χ2v) is 8.65. The van der Waals surface area contributed by atoms with Gasteiger partial charge >= 0.3 is 11.9 Å². The fourth-order valence-electron chi connectivity index (χ4n) is 5.55. The summed E-state index contributed by atoms with van der Waals surface area (Å²) in [4.78, 5) is 25.1. The van der Waals surface area contributed by atoms with E-state index in [0.29, 0.717) is 29.7 Å². The van der Waals surface area contributed by atoms with Crippen molar-refractivity contribution in [3.05, 3.63) is 23.3 Å². The number of fused-ring (bicyclic) bond motifs is 4. The summed E-state index contributed by atoms with van der Waals surface area (Å²) in [5.74, 6) is -1.90. The number of ether oxygens (including phenoxy) is 4. The van der Waals surface area contributed by atoms with Gasteiger partial charge in [0, 0.05) is 29.6 Å². The van der Waals surface area contributed by atoms with Crippen molar-refractivity contribution >= 4 is 11.9 Å². The largest absolute Gasteiger partial charge is 0.453 e. The molecule has 0 N–H and O–H groups in total. The smallest absolute Gasteiger partial charge is 0.336 e. The molecule has 2 heterocycles. The Labute approximate surface area is 159 Å². The summed E-state index contributed by atoms with van der Waals surface area (Å²) in [5, 5.41) is 0. The van der Waals surface area contributed by atoms with Gasteiger partial charge in [-0.1, -0.05) is 13.5 Å². The highest BCUT2D eigenvalue weighted by Gasteiger charge is 2.77. The molecule has 0 aromatic carbocycles. The zero-order valence-electron chi connectivity index (χ0n) is 16.7. The van der Waals surface area contributed by atoms with Crippen LogP contribution < -0.4 is 0 Å². The molecule has 0 aromatic heterocycles. The zero-order valence-corrected chi connectivity index (χ0v) is 16.7. The van der Waals surface area contributed by atoms with E-state index < -0.39 is 34.8 Å². The lowest BCUT2D eigenvalue weighted by Crippen LogP contribution is -2.63. The molecule has 6 heteroatoms. The highest BCUT2D eigenvalue weighted by molar-refractivity contribution is 5.93. The molecule has 0 spiro atoms. The Kier molecular flexibility index (Phi) is 3.93. The van der Waals surface area contributed by atoms with Gasteiger partial charge in [-0.25, -0.2) is 9.59 Å². The molecule has 0 aromatic rings. The highest BCUT2D eigenvalue weighted by Crippen LogP contribution is 2.68. The normalized spacial score (nSPS) is 44.8. The summed E-state index contributed by atoms with van der Waals surface area (Å²) in [6, 6.07) is 0. The van der Waals surface area contributed by atoms with Crippen LogP contribution in [0.4, 0.5) is 0 Å². The zero-order chi connectivity index (χ0) is 19.8. The molecule has 0 radical (unpaired) electrons. The van der Waals surface area contributed by atoms with Crippen LogP contribution in [0.25, 0.3) is 0 Å². The Hall–Kier alpha value is -1.66. The third kappa shape index (κ3) is 2.26. The van der Waals surface area contributed by atoms with Gasteiger partial charge in [-0.05, 0) is 46.5 Å². The molecule has 2 aliphatic heterocycles. The molecule has 4 rings (SSSR count). The first kappa shape index (κ1) is 18.7. The molecule has 0 bridgehead atoms. The molecular formula is C21H28O6. The lowest BCUT2D eigenvalue weighted by Gasteiger charge is -2.55. The summed E-state index contributed by atoms with van der Waals surface area (Å²) >= 11 is 0. The van der Waals surface area contributed by atoms with E-state index in [1.165, 1.54) is 0 Å². The van der Waals surface area contributed by atoms with Gasteiger partial charge in [0.15, 0.2) is 0 Å². The Morgan fingerprint density at radius 1 is 1.33 bits per heavy atom. The van der Waals surface area contributed by atoms with Crippen LogP contribution in [0, 0.1) is 11.3 Å². The minimum absolute atomic E-state index is 0.137. The Bertz CT molecular complexity index is 769. The van der Waals surface area contributed by atoms with Crippen LogP contribution in [0.2, 0.25) is 0 Å². The van der Waals surface area contributed by atoms with Gasteiger partial charge in [0.05, 0.1) is 11.7 Å². The Morgan fingerprint density at radius 3 is 2.67 bits per heavy atom. The average molecular weight is 376 g/mol. The molecule has 148 valence electrons. The van der Waals surface area contributed by atoms with Crippen molar-refractivity contribution in [2.45, 2.75) is 77.5 Å². The third-order valence-electron chi connectivity index (χ3n) is 7.29. The first-order valence-electron chi connectivity index (χ1n) is 9.73. The van der Waals surface area contributed by atoms with Crippen LogP contribution in [0.1, 0.15) is 53.9 Å². The molecule has 27 heavy (non-hydrogen) atoms. The van der Waals surface area contributed by atoms with Crippen molar-refractivity contribution < 1.29 is 28.5 Å². The second-order valence-electron chi connectivity index (χ2n) is 8.65. The predicted molar refractivity (Wildman–Crippen MR) is 96.6 cm³/mol. The van der Waals surface area contributed by atoms with E-state index in [1.807, 2.05) is 6.92 Å². The number of hydrogen-bond donors (Lipinski definition) is 0. The maximum Gasteiger partial charge on any atom is 0.336 e. The van der Waals surface area contributed by atoms with Gasteiger partial charge in [0.2, 0.25) is 5.79 Å². The van der Waals surface area contributed by atoms with Gasteiger partial charge in [-0.2, -0.15) is 0 Å². The van der Waals surface area contributed by atoms with Crippen molar-refractivity contribution in [3.63, 3.8) is 0 Å². The molecule has 4 aliphatic rings. The molecule has 0 amide bonds. The SMILES string of the molecule is C=C(C)C(=O)OC1C2=C(C)C(=O)OC2(OCC)CC2CCC3OC3(C)C21C. The summed E-state index contributed by atoms with van der Waals surface area (Å²) in [5.41, 5.74) is 0.564. The number of esters is 2. The standard InChI is InChI=1S/C21H28O6/c1-7-24-21-10-13-8-9-14-20(6,26-14)19(13,5)16(25-17(22)11(2)3)15(21)12(4)18(23)27-21/h13-14,16H,2,7-10H2,1,3-6H3. The van der Waals surface area contributed by atoms with Crippen LogP contribution in [-0.2, 0) is 28.5 Å². The number of epoxide rings is 1. The molecular weight excluding hydrogens is 348 g/mol. The number of carbonyl (C=O) groups excluding carboxylic acids is 2. The molecule has 1 saturated heterocycles. The van der Waals surface area contributed by atoms with Gasteiger partial charge in [-0.3, -0.25) is 0 Å². The fraction of sp³-hybridized carbons (Fsp3) is 0.714. The molecule has 6 atom stereocenters. The first-order chi connectivity index (χ1) is 12.6. The van der Waals surface area contributed by atoms with E-state index in [-0.39, 0.29) is 12.0 Å². The van der Waals surface area contributed by atoms with Crippen LogP contribution in [0.3, 0.4) is 0 Å². The topological polar surface area (TPSA) is 74.4 Å². The van der Waals surface area contributed by atoms with Crippen LogP contribution >= 0.6 is 0 Å². The number of carbonyl (C=O) groups is 2. The van der Waals surface area contributed by atoms with E-state index in [0.717, 1.165) is 12.8 Å². The quantitative estimate of drug-likeness (QED) is 0.426. The minimum Gasteiger partial charge on any atom is -0.453 e. The van der Waals surface area contributed by atoms with Crippen LogP contribution in [0.15, 0.2) is 23.3 Å². The highest BCUT2D eigenvalue weighted by atomic mass is 16.7. The van der Waals surface area contributed by atoms with Gasteiger partial charge in [0.1, 0.15) is 11.7 Å². The summed E-state index contributed by atoms with van der Waals surface area (Å²) in [6.45, 7) is 13.5. The van der Waals surface area contributed by atoms with E-state index in [2.05, 4.69) is 20.4 Å². The van der Waals surface area contributed by atoms with E-state index in [9.17, 15) is 9.59 Å². The number of rotatable bonds is 4. The van der Waals surface area contributed by atoms with Crippen molar-refractivity contribution in [2.24, 2.45) is 11.3 Å². The Balaban J connectivity index is 1.88. The molecule has 2 saturated carbocycles. The predicted octanol–water partition coefficient (Wildman–Crippen LogP) is 3.06. The second kappa shape index (κ2) is 5.67. The maximum atomic E-state index is 12.5. The van der Waals surface area contributed by atoms with Crippen molar-refractivity contribution in [1.82, 2.24) is 0 Å². The van der Waals surface area contributed by atoms with Gasteiger partial charge in [0.25, 0.3) is 0 Å². The maximum absolute atomic E-state index is 12.5. The molecule has 2 aliphatic carbocycles. The molecule has 6 nitrogen and oxygen atoms in total. The third-order valence-corrected chi connectivity index (χ3v) is 7.29. The van der Waals surface area contributed by atoms with Gasteiger partial charge in [-0.15, -0.1) is 0 Å². The lowest BCUT2D eigenvalue weighted by atomic mass is 9.52.